The molecule has 0 fully saturated rings. The lowest BCUT2D eigenvalue weighted by Crippen LogP contribution is -2.53. The molecule has 2 amide bonds. The minimum Gasteiger partial charge on any atom is -0.483 e. The first-order chi connectivity index (χ1) is 17.3. The highest BCUT2D eigenvalue weighted by Gasteiger charge is 2.31. The molecule has 0 saturated carbocycles. The first kappa shape index (κ1) is 27.3. The molecular formula is C30H35ClN2O3. The Morgan fingerprint density at radius 2 is 1.67 bits per heavy atom. The predicted molar refractivity (Wildman–Crippen MR) is 145 cm³/mol. The molecule has 0 aliphatic heterocycles. The van der Waals surface area contributed by atoms with E-state index in [1.807, 2.05) is 94.4 Å². The van der Waals surface area contributed by atoms with Crippen molar-refractivity contribution in [2.45, 2.75) is 59.2 Å². The summed E-state index contributed by atoms with van der Waals surface area (Å²) in [5.41, 5.74) is 3.89. The molecule has 0 heterocycles. The second kappa shape index (κ2) is 13.1. The lowest BCUT2D eigenvalue weighted by atomic mass is 10.0. The van der Waals surface area contributed by atoms with Crippen LogP contribution >= 0.6 is 11.6 Å². The number of carbonyl (C=O) groups excluding carboxylic acids is 2. The average molecular weight is 507 g/mol. The van der Waals surface area contributed by atoms with Crippen molar-refractivity contribution in [1.29, 1.82) is 0 Å². The number of rotatable bonds is 11. The Morgan fingerprint density at radius 3 is 2.36 bits per heavy atom. The van der Waals surface area contributed by atoms with Gasteiger partial charge in [-0.2, -0.15) is 0 Å². The molecule has 0 aromatic heterocycles. The van der Waals surface area contributed by atoms with Crippen molar-refractivity contribution in [2.24, 2.45) is 0 Å². The van der Waals surface area contributed by atoms with Crippen LogP contribution in [0.4, 0.5) is 0 Å². The van der Waals surface area contributed by atoms with Crippen LogP contribution in [-0.2, 0) is 22.6 Å². The van der Waals surface area contributed by atoms with Crippen LogP contribution in [0.2, 0.25) is 5.02 Å². The summed E-state index contributed by atoms with van der Waals surface area (Å²) in [6, 6.07) is 22.2. The van der Waals surface area contributed by atoms with Crippen LogP contribution in [0.3, 0.4) is 0 Å². The number of nitrogens with zero attached hydrogens (tertiary/aromatic N) is 1. The van der Waals surface area contributed by atoms with Crippen molar-refractivity contribution in [1.82, 2.24) is 10.2 Å². The molecule has 190 valence electrons. The monoisotopic (exact) mass is 506 g/mol. The molecule has 2 atom stereocenters. The van der Waals surface area contributed by atoms with Gasteiger partial charge in [0, 0.05) is 24.0 Å². The Bertz CT molecular complexity index is 1170. The topological polar surface area (TPSA) is 58.6 Å². The highest BCUT2D eigenvalue weighted by atomic mass is 35.5. The van der Waals surface area contributed by atoms with Gasteiger partial charge in [-0.15, -0.1) is 0 Å². The minimum absolute atomic E-state index is 0.00918. The molecule has 0 spiro atoms. The van der Waals surface area contributed by atoms with Gasteiger partial charge in [-0.05, 0) is 67.6 Å². The molecule has 0 aliphatic carbocycles. The SMILES string of the molecule is CC[C@@H](C)NC(=O)[C@H](Cc1ccccc1)N(Cc1cccc(Cl)c1)C(=O)COc1cccc(C)c1C. The van der Waals surface area contributed by atoms with Gasteiger partial charge in [0.05, 0.1) is 0 Å². The molecule has 36 heavy (non-hydrogen) atoms. The Morgan fingerprint density at radius 1 is 0.972 bits per heavy atom. The van der Waals surface area contributed by atoms with E-state index in [9.17, 15) is 9.59 Å². The Labute approximate surface area is 219 Å². The van der Waals surface area contributed by atoms with Crippen LogP contribution in [0.1, 0.15) is 42.5 Å². The number of ether oxygens (including phenoxy) is 1. The first-order valence-corrected chi connectivity index (χ1v) is 12.7. The highest BCUT2D eigenvalue weighted by Crippen LogP contribution is 2.22. The number of benzene rings is 3. The maximum absolute atomic E-state index is 13.7. The fourth-order valence-electron chi connectivity index (χ4n) is 3.93. The van der Waals surface area contributed by atoms with Crippen LogP contribution < -0.4 is 10.1 Å². The third kappa shape index (κ3) is 7.59. The zero-order valence-corrected chi connectivity index (χ0v) is 22.2. The zero-order chi connectivity index (χ0) is 26.1. The summed E-state index contributed by atoms with van der Waals surface area (Å²) in [5.74, 6) is 0.209. The van der Waals surface area contributed by atoms with Gasteiger partial charge in [0.15, 0.2) is 6.61 Å². The molecule has 0 bridgehead atoms. The van der Waals surface area contributed by atoms with Crippen molar-refractivity contribution in [3.63, 3.8) is 0 Å². The summed E-state index contributed by atoms with van der Waals surface area (Å²) >= 11 is 6.23. The van der Waals surface area contributed by atoms with Crippen molar-refractivity contribution in [2.75, 3.05) is 6.61 Å². The summed E-state index contributed by atoms with van der Waals surface area (Å²) < 4.78 is 5.96. The van der Waals surface area contributed by atoms with Gasteiger partial charge in [-0.3, -0.25) is 9.59 Å². The molecule has 0 aliphatic rings. The Kier molecular flexibility index (Phi) is 9.95. The molecule has 3 aromatic carbocycles. The fourth-order valence-corrected chi connectivity index (χ4v) is 4.14. The fraction of sp³-hybridized carbons (Fsp3) is 0.333. The summed E-state index contributed by atoms with van der Waals surface area (Å²) in [6.45, 7) is 8.02. The van der Waals surface area contributed by atoms with Crippen LogP contribution in [0.5, 0.6) is 5.75 Å². The molecule has 0 saturated heterocycles. The summed E-state index contributed by atoms with van der Waals surface area (Å²) in [5, 5.41) is 3.65. The lowest BCUT2D eigenvalue weighted by Gasteiger charge is -2.32. The molecule has 6 heteroatoms. The van der Waals surface area contributed by atoms with Crippen LogP contribution in [-0.4, -0.2) is 35.4 Å². The van der Waals surface area contributed by atoms with Gasteiger partial charge in [-0.25, -0.2) is 0 Å². The van der Waals surface area contributed by atoms with Crippen molar-refractivity contribution < 1.29 is 14.3 Å². The van der Waals surface area contributed by atoms with Gasteiger partial charge in [0.25, 0.3) is 5.91 Å². The lowest BCUT2D eigenvalue weighted by molar-refractivity contribution is -0.143. The third-order valence-electron chi connectivity index (χ3n) is 6.42. The number of hydrogen-bond acceptors (Lipinski definition) is 3. The summed E-state index contributed by atoms with van der Waals surface area (Å²) in [7, 11) is 0. The van der Waals surface area contributed by atoms with E-state index < -0.39 is 6.04 Å². The summed E-state index contributed by atoms with van der Waals surface area (Å²) in [4.78, 5) is 28.8. The molecule has 0 radical (unpaired) electrons. The van der Waals surface area contributed by atoms with Crippen LogP contribution in [0, 0.1) is 13.8 Å². The van der Waals surface area contributed by atoms with Crippen LogP contribution in [0.15, 0.2) is 72.8 Å². The molecule has 1 N–H and O–H groups in total. The van der Waals surface area contributed by atoms with E-state index in [2.05, 4.69) is 5.32 Å². The second-order valence-corrected chi connectivity index (χ2v) is 9.60. The van der Waals surface area contributed by atoms with Crippen molar-refractivity contribution in [3.05, 3.63) is 100 Å². The largest absolute Gasteiger partial charge is 0.483 e. The Balaban J connectivity index is 1.93. The maximum Gasteiger partial charge on any atom is 0.261 e. The maximum atomic E-state index is 13.7. The van der Waals surface area contributed by atoms with E-state index in [1.165, 1.54) is 0 Å². The molecule has 3 aromatic rings. The first-order valence-electron chi connectivity index (χ1n) is 12.4. The standard InChI is InChI=1S/C30H35ClN2O3/c1-5-22(3)32-30(35)27(18-24-12-7-6-8-13-24)33(19-25-14-10-15-26(31)17-25)29(34)20-36-28-16-9-11-21(2)23(28)4/h6-17,22,27H,5,18-20H2,1-4H3,(H,32,35)/t22-,27+/m1/s1. The molecule has 5 nitrogen and oxygen atoms in total. The van der Waals surface area contributed by atoms with E-state index in [-0.39, 0.29) is 31.0 Å². The van der Waals surface area contributed by atoms with Gasteiger partial charge < -0.3 is 15.0 Å². The van der Waals surface area contributed by atoms with Crippen LogP contribution in [0.25, 0.3) is 0 Å². The van der Waals surface area contributed by atoms with E-state index in [4.69, 9.17) is 16.3 Å². The number of halogens is 1. The number of hydrogen-bond donors (Lipinski definition) is 1. The number of aryl methyl sites for hydroxylation is 1. The predicted octanol–water partition coefficient (Wildman–Crippen LogP) is 5.89. The quantitative estimate of drug-likeness (QED) is 0.352. The van der Waals surface area contributed by atoms with Gasteiger partial charge in [0.2, 0.25) is 5.91 Å². The number of carbonyl (C=O) groups is 2. The van der Waals surface area contributed by atoms with E-state index in [1.54, 1.807) is 11.0 Å². The van der Waals surface area contributed by atoms with E-state index in [0.29, 0.717) is 17.2 Å². The molecular weight excluding hydrogens is 472 g/mol. The van der Waals surface area contributed by atoms with E-state index in [0.717, 1.165) is 28.7 Å². The molecule has 3 rings (SSSR count). The van der Waals surface area contributed by atoms with Crippen molar-refractivity contribution in [3.8, 4) is 5.75 Å². The number of nitrogens with one attached hydrogen (secondary N) is 1. The molecule has 0 unspecified atom stereocenters. The van der Waals surface area contributed by atoms with Crippen molar-refractivity contribution >= 4 is 23.4 Å². The third-order valence-corrected chi connectivity index (χ3v) is 6.66. The smallest absolute Gasteiger partial charge is 0.261 e. The average Bonchev–Trinajstić information content (AvgIpc) is 2.87. The normalized spacial score (nSPS) is 12.5. The minimum atomic E-state index is -0.713. The zero-order valence-electron chi connectivity index (χ0n) is 21.5. The van der Waals surface area contributed by atoms with Gasteiger partial charge >= 0.3 is 0 Å². The number of amides is 2. The second-order valence-electron chi connectivity index (χ2n) is 9.16. The summed E-state index contributed by atoms with van der Waals surface area (Å²) in [6.07, 6.45) is 1.18. The Hall–Kier alpha value is -3.31. The highest BCUT2D eigenvalue weighted by molar-refractivity contribution is 6.30. The van der Waals surface area contributed by atoms with Gasteiger partial charge in [0.1, 0.15) is 11.8 Å². The van der Waals surface area contributed by atoms with E-state index >= 15 is 0 Å². The van der Waals surface area contributed by atoms with Gasteiger partial charge in [-0.1, -0.05) is 73.1 Å².